The molecule has 3 aromatic rings. The second-order valence-electron chi connectivity index (χ2n) is 10.9. The average Bonchev–Trinajstić information content (AvgIpc) is 3.54. The summed E-state index contributed by atoms with van der Waals surface area (Å²) in [5.74, 6) is 0.589. The Hall–Kier alpha value is -3.41. The SMILES string of the molecule is O=C(NC1CC1)c1ccc(-c2csc(NC(=O)[C@@H]3CSC(CC4CCOCC4)N3C(=O)OCc3ccccc3)n2)cc1. The van der Waals surface area contributed by atoms with Crippen molar-refractivity contribution in [3.63, 3.8) is 0 Å². The molecule has 2 atom stereocenters. The highest BCUT2D eigenvalue weighted by Crippen LogP contribution is 2.37. The Morgan fingerprint density at radius 3 is 2.50 bits per heavy atom. The summed E-state index contributed by atoms with van der Waals surface area (Å²) >= 11 is 2.96. The number of anilines is 1. The van der Waals surface area contributed by atoms with Gasteiger partial charge in [0, 0.05) is 41.5 Å². The molecular weight excluding hydrogens is 572 g/mol. The smallest absolute Gasteiger partial charge is 0.411 e. The molecule has 1 saturated carbocycles. The summed E-state index contributed by atoms with van der Waals surface area (Å²) < 4.78 is 11.2. The average molecular weight is 607 g/mol. The fraction of sp³-hybridized carbons (Fsp3) is 0.419. The molecule has 3 heterocycles. The van der Waals surface area contributed by atoms with Crippen molar-refractivity contribution >= 4 is 46.1 Å². The quantitative estimate of drug-likeness (QED) is 0.329. The second kappa shape index (κ2) is 13.3. The van der Waals surface area contributed by atoms with E-state index >= 15 is 0 Å². The van der Waals surface area contributed by atoms with Gasteiger partial charge in [0.2, 0.25) is 5.91 Å². The number of nitrogens with zero attached hydrogens (tertiary/aromatic N) is 2. The van der Waals surface area contributed by atoms with Gasteiger partial charge in [-0.1, -0.05) is 42.5 Å². The second-order valence-corrected chi connectivity index (χ2v) is 13.0. The Kier molecular flexibility index (Phi) is 9.07. The van der Waals surface area contributed by atoms with E-state index in [1.165, 1.54) is 11.3 Å². The van der Waals surface area contributed by atoms with E-state index in [4.69, 9.17) is 9.47 Å². The van der Waals surface area contributed by atoms with Gasteiger partial charge in [-0.2, -0.15) is 0 Å². The molecular formula is C31H34N4O5S2. The first-order chi connectivity index (χ1) is 20.5. The van der Waals surface area contributed by atoms with E-state index < -0.39 is 12.1 Å². The van der Waals surface area contributed by atoms with Gasteiger partial charge in [-0.15, -0.1) is 23.1 Å². The van der Waals surface area contributed by atoms with Crippen LogP contribution in [0.1, 0.15) is 48.0 Å². The molecule has 3 aliphatic rings. The number of ether oxygens (including phenoxy) is 2. The van der Waals surface area contributed by atoms with Gasteiger partial charge in [-0.25, -0.2) is 9.78 Å². The fourth-order valence-corrected chi connectivity index (χ4v) is 7.44. The van der Waals surface area contributed by atoms with Crippen LogP contribution in [-0.2, 0) is 20.9 Å². The van der Waals surface area contributed by atoms with Gasteiger partial charge in [-0.3, -0.25) is 14.5 Å². The van der Waals surface area contributed by atoms with Gasteiger partial charge < -0.3 is 20.1 Å². The minimum atomic E-state index is -0.667. The van der Waals surface area contributed by atoms with Gasteiger partial charge >= 0.3 is 6.09 Å². The third-order valence-corrected chi connectivity index (χ3v) is 9.85. The first kappa shape index (κ1) is 28.7. The number of carbonyl (C=O) groups excluding carboxylic acids is 3. The van der Waals surface area contributed by atoms with Gasteiger partial charge in [0.25, 0.3) is 5.91 Å². The van der Waals surface area contributed by atoms with Crippen LogP contribution in [0.25, 0.3) is 11.3 Å². The molecule has 3 fully saturated rings. The minimum Gasteiger partial charge on any atom is -0.445 e. The van der Waals surface area contributed by atoms with Crippen LogP contribution in [0.3, 0.4) is 0 Å². The molecule has 1 aliphatic carbocycles. The Balaban J connectivity index is 1.11. The van der Waals surface area contributed by atoms with E-state index in [2.05, 4.69) is 15.6 Å². The molecule has 42 heavy (non-hydrogen) atoms. The predicted molar refractivity (Wildman–Crippen MR) is 163 cm³/mol. The lowest BCUT2D eigenvalue weighted by Gasteiger charge is -2.31. The van der Waals surface area contributed by atoms with E-state index in [0.29, 0.717) is 34.1 Å². The summed E-state index contributed by atoms with van der Waals surface area (Å²) in [6.07, 6.45) is 4.31. The summed E-state index contributed by atoms with van der Waals surface area (Å²) in [6, 6.07) is 16.5. The summed E-state index contributed by atoms with van der Waals surface area (Å²) in [5.41, 5.74) is 3.07. The van der Waals surface area contributed by atoms with E-state index in [9.17, 15) is 14.4 Å². The maximum atomic E-state index is 13.5. The van der Waals surface area contributed by atoms with Crippen molar-refractivity contribution in [1.82, 2.24) is 15.2 Å². The molecule has 2 saturated heterocycles. The highest BCUT2D eigenvalue weighted by atomic mass is 32.2. The number of hydrogen-bond acceptors (Lipinski definition) is 8. The van der Waals surface area contributed by atoms with Crippen LogP contribution in [0.4, 0.5) is 9.93 Å². The Morgan fingerprint density at radius 2 is 1.76 bits per heavy atom. The standard InChI is InChI=1S/C31H34N4O5S2/c36-28(32-24-10-11-24)23-8-6-22(7-9-23)25-18-42-30(33-25)34-29(37)26-19-41-27(16-20-12-14-39-15-13-20)35(26)31(38)40-17-21-4-2-1-3-5-21/h1-9,18,20,24,26-27H,10-17,19H2,(H,32,36)(H,33,34,37)/t26-,27?/m0/s1. The first-order valence-corrected chi connectivity index (χ1v) is 16.3. The molecule has 2 N–H and O–H groups in total. The maximum Gasteiger partial charge on any atom is 0.411 e. The zero-order chi connectivity index (χ0) is 28.9. The maximum absolute atomic E-state index is 13.5. The lowest BCUT2D eigenvalue weighted by Crippen LogP contribution is -2.48. The van der Waals surface area contributed by atoms with Gasteiger partial charge in [0.15, 0.2) is 5.13 Å². The van der Waals surface area contributed by atoms with Crippen LogP contribution < -0.4 is 10.6 Å². The van der Waals surface area contributed by atoms with Gasteiger partial charge in [-0.05, 0) is 55.7 Å². The summed E-state index contributed by atoms with van der Waals surface area (Å²) in [5, 5.41) is 8.12. The minimum absolute atomic E-state index is 0.0633. The van der Waals surface area contributed by atoms with Crippen molar-refractivity contribution in [1.29, 1.82) is 0 Å². The van der Waals surface area contributed by atoms with Crippen LogP contribution in [0.5, 0.6) is 0 Å². The van der Waals surface area contributed by atoms with Crippen molar-refractivity contribution in [2.75, 3.05) is 24.3 Å². The fourth-order valence-electron chi connectivity index (χ4n) is 5.19. The van der Waals surface area contributed by atoms with E-state index in [1.807, 2.05) is 47.8 Å². The van der Waals surface area contributed by atoms with E-state index in [0.717, 1.165) is 56.4 Å². The van der Waals surface area contributed by atoms with Crippen molar-refractivity contribution in [2.24, 2.45) is 5.92 Å². The number of thiazole rings is 1. The van der Waals surface area contributed by atoms with Crippen LogP contribution in [0.15, 0.2) is 60.0 Å². The number of amides is 3. The van der Waals surface area contributed by atoms with E-state index in [1.54, 1.807) is 28.8 Å². The van der Waals surface area contributed by atoms with Crippen molar-refractivity contribution in [3.8, 4) is 11.3 Å². The first-order valence-electron chi connectivity index (χ1n) is 14.4. The Morgan fingerprint density at radius 1 is 1.00 bits per heavy atom. The molecule has 220 valence electrons. The van der Waals surface area contributed by atoms with Crippen molar-refractivity contribution in [2.45, 2.75) is 56.2 Å². The largest absolute Gasteiger partial charge is 0.445 e. The normalized spacial score (nSPS) is 20.7. The molecule has 11 heteroatoms. The van der Waals surface area contributed by atoms with Crippen molar-refractivity contribution < 1.29 is 23.9 Å². The molecule has 3 amide bonds. The Labute approximate surface area is 253 Å². The molecule has 6 rings (SSSR count). The van der Waals surface area contributed by atoms with Crippen LogP contribution in [-0.4, -0.2) is 64.2 Å². The molecule has 9 nitrogen and oxygen atoms in total. The number of carbonyl (C=O) groups is 3. The molecule has 1 aromatic heterocycles. The third kappa shape index (κ3) is 7.14. The molecule has 0 spiro atoms. The summed E-state index contributed by atoms with van der Waals surface area (Å²) in [6.45, 7) is 1.61. The number of thioether (sulfide) groups is 1. The molecule has 2 aliphatic heterocycles. The lowest BCUT2D eigenvalue weighted by atomic mass is 9.96. The third-order valence-electron chi connectivity index (χ3n) is 7.78. The lowest BCUT2D eigenvalue weighted by molar-refractivity contribution is -0.120. The van der Waals surface area contributed by atoms with Crippen LogP contribution in [0, 0.1) is 5.92 Å². The zero-order valence-electron chi connectivity index (χ0n) is 23.2. The number of benzene rings is 2. The van der Waals surface area contributed by atoms with Crippen LogP contribution >= 0.6 is 23.1 Å². The highest BCUT2D eigenvalue weighted by Gasteiger charge is 2.43. The van der Waals surface area contributed by atoms with Gasteiger partial charge in [0.1, 0.15) is 12.6 Å². The van der Waals surface area contributed by atoms with E-state index in [-0.39, 0.29) is 23.8 Å². The topological polar surface area (TPSA) is 110 Å². The van der Waals surface area contributed by atoms with Gasteiger partial charge in [0.05, 0.1) is 11.1 Å². The monoisotopic (exact) mass is 606 g/mol. The summed E-state index contributed by atoms with van der Waals surface area (Å²) in [7, 11) is 0. The number of rotatable bonds is 9. The molecule has 0 bridgehead atoms. The number of nitrogens with one attached hydrogen (secondary N) is 2. The molecule has 2 aromatic carbocycles. The molecule has 0 radical (unpaired) electrons. The number of hydrogen-bond donors (Lipinski definition) is 2. The number of aromatic nitrogens is 1. The van der Waals surface area contributed by atoms with Crippen LogP contribution in [0.2, 0.25) is 0 Å². The predicted octanol–water partition coefficient (Wildman–Crippen LogP) is 5.54. The Bertz CT molecular complexity index is 1390. The molecule has 1 unspecified atom stereocenters. The van der Waals surface area contributed by atoms with Crippen molar-refractivity contribution in [3.05, 3.63) is 71.1 Å². The summed E-state index contributed by atoms with van der Waals surface area (Å²) in [4.78, 5) is 45.5. The zero-order valence-corrected chi connectivity index (χ0v) is 24.8. The highest BCUT2D eigenvalue weighted by molar-refractivity contribution is 8.00.